The Morgan fingerprint density at radius 3 is 2.77 bits per heavy atom. The molecule has 0 bridgehead atoms. The van der Waals surface area contributed by atoms with Gasteiger partial charge in [0, 0.05) is 18.0 Å². The van der Waals surface area contributed by atoms with Gasteiger partial charge in [0.2, 0.25) is 5.95 Å². The van der Waals surface area contributed by atoms with E-state index in [9.17, 15) is 0 Å². The highest BCUT2D eigenvalue weighted by atomic mass is 32.2. The summed E-state index contributed by atoms with van der Waals surface area (Å²) in [6, 6.07) is 0.483. The summed E-state index contributed by atoms with van der Waals surface area (Å²) >= 11 is 1.84. The van der Waals surface area contributed by atoms with Crippen LogP contribution in [0.25, 0.3) is 0 Å². The molecule has 1 unspecified atom stereocenters. The average Bonchev–Trinajstić information content (AvgIpc) is 2.41. The monoisotopic (exact) mass is 199 g/mol. The predicted molar refractivity (Wildman–Crippen MR) is 59.1 cm³/mol. The molecule has 1 aromatic heterocycles. The van der Waals surface area contributed by atoms with Gasteiger partial charge in [-0.1, -0.05) is 6.92 Å². The Kier molecular flexibility index (Phi) is 3.66. The molecule has 0 saturated carbocycles. The van der Waals surface area contributed by atoms with Crippen LogP contribution >= 0.6 is 11.8 Å². The van der Waals surface area contributed by atoms with Gasteiger partial charge in [-0.05, 0) is 19.6 Å². The Labute approximate surface area is 83.7 Å². The first kappa shape index (κ1) is 10.4. The molecule has 4 heteroatoms. The lowest BCUT2D eigenvalue weighted by Gasteiger charge is -2.16. The van der Waals surface area contributed by atoms with Gasteiger partial charge in [-0.25, -0.2) is 4.98 Å². The van der Waals surface area contributed by atoms with Crippen molar-refractivity contribution < 1.29 is 0 Å². The van der Waals surface area contributed by atoms with E-state index < -0.39 is 0 Å². The van der Waals surface area contributed by atoms with Crippen LogP contribution in [0.2, 0.25) is 0 Å². The van der Waals surface area contributed by atoms with Gasteiger partial charge in [-0.2, -0.15) is 11.8 Å². The number of rotatable bonds is 4. The Balaban J connectivity index is 2.83. The summed E-state index contributed by atoms with van der Waals surface area (Å²) in [5.74, 6) is 1.73. The molecule has 0 radical (unpaired) electrons. The highest BCUT2D eigenvalue weighted by molar-refractivity contribution is 7.98. The molecule has 0 aliphatic carbocycles. The van der Waals surface area contributed by atoms with Crippen molar-refractivity contribution in [2.45, 2.75) is 26.3 Å². The van der Waals surface area contributed by atoms with E-state index in [1.165, 1.54) is 0 Å². The first-order valence-corrected chi connectivity index (χ1v) is 5.88. The lowest BCUT2D eigenvalue weighted by atomic mass is 10.2. The van der Waals surface area contributed by atoms with Crippen LogP contribution in [0.3, 0.4) is 0 Å². The molecule has 0 aliphatic heterocycles. The SMILES string of the molecule is CCC(CSC)n1cc(C)nc1N. The van der Waals surface area contributed by atoms with Gasteiger partial charge in [-0.3, -0.25) is 0 Å². The molecule has 0 saturated heterocycles. The number of hydrogen-bond acceptors (Lipinski definition) is 3. The van der Waals surface area contributed by atoms with Crippen LogP contribution in [0.5, 0.6) is 0 Å². The van der Waals surface area contributed by atoms with E-state index in [-0.39, 0.29) is 0 Å². The third kappa shape index (κ3) is 2.40. The summed E-state index contributed by atoms with van der Waals surface area (Å²) in [4.78, 5) is 4.19. The van der Waals surface area contributed by atoms with Gasteiger partial charge >= 0.3 is 0 Å². The second kappa shape index (κ2) is 4.56. The summed E-state index contributed by atoms with van der Waals surface area (Å²) in [7, 11) is 0. The van der Waals surface area contributed by atoms with Crippen LogP contribution in [0, 0.1) is 6.92 Å². The number of imidazole rings is 1. The first-order valence-electron chi connectivity index (χ1n) is 4.49. The third-order valence-electron chi connectivity index (χ3n) is 2.11. The third-order valence-corrected chi connectivity index (χ3v) is 2.82. The van der Waals surface area contributed by atoms with Gasteiger partial charge < -0.3 is 10.3 Å². The minimum atomic E-state index is 0.483. The van der Waals surface area contributed by atoms with Crippen molar-refractivity contribution in [1.29, 1.82) is 0 Å². The molecule has 2 N–H and O–H groups in total. The molecule has 74 valence electrons. The van der Waals surface area contributed by atoms with E-state index >= 15 is 0 Å². The van der Waals surface area contributed by atoms with Crippen molar-refractivity contribution in [3.63, 3.8) is 0 Å². The fourth-order valence-corrected chi connectivity index (χ4v) is 2.20. The number of nitrogens with two attached hydrogens (primary N) is 1. The molecule has 0 amide bonds. The lowest BCUT2D eigenvalue weighted by molar-refractivity contribution is 0.546. The van der Waals surface area contributed by atoms with Crippen LogP contribution in [-0.4, -0.2) is 21.6 Å². The number of nitrogen functional groups attached to an aromatic ring is 1. The van der Waals surface area contributed by atoms with Crippen molar-refractivity contribution in [2.75, 3.05) is 17.7 Å². The van der Waals surface area contributed by atoms with Crippen molar-refractivity contribution >= 4 is 17.7 Å². The number of anilines is 1. The standard InChI is InChI=1S/C9H17N3S/c1-4-8(6-13-3)12-5-7(2)11-9(12)10/h5,8H,4,6H2,1-3H3,(H2,10,11). The molecule has 0 aliphatic rings. The fraction of sp³-hybridized carbons (Fsp3) is 0.667. The van der Waals surface area contributed by atoms with Crippen LogP contribution < -0.4 is 5.73 Å². The normalized spacial score (nSPS) is 13.2. The minimum Gasteiger partial charge on any atom is -0.369 e. The predicted octanol–water partition coefficient (Wildman–Crippen LogP) is 2.09. The molecule has 0 aromatic carbocycles. The van der Waals surface area contributed by atoms with E-state index in [0.717, 1.165) is 17.9 Å². The zero-order valence-corrected chi connectivity index (χ0v) is 9.27. The Hall–Kier alpha value is -0.640. The first-order chi connectivity index (χ1) is 6.19. The van der Waals surface area contributed by atoms with E-state index in [1.807, 2.05) is 24.9 Å². The Bertz CT molecular complexity index is 270. The maximum absolute atomic E-state index is 5.79. The Morgan fingerprint density at radius 2 is 2.38 bits per heavy atom. The van der Waals surface area contributed by atoms with Crippen LogP contribution in [-0.2, 0) is 0 Å². The van der Waals surface area contributed by atoms with E-state index in [0.29, 0.717) is 12.0 Å². The fourth-order valence-electron chi connectivity index (χ4n) is 1.41. The molecule has 0 fully saturated rings. The van der Waals surface area contributed by atoms with E-state index in [1.54, 1.807) is 0 Å². The van der Waals surface area contributed by atoms with Crippen molar-refractivity contribution in [2.24, 2.45) is 0 Å². The molecule has 1 aromatic rings. The molecular weight excluding hydrogens is 182 g/mol. The lowest BCUT2D eigenvalue weighted by Crippen LogP contribution is -2.12. The topological polar surface area (TPSA) is 43.8 Å². The second-order valence-corrected chi connectivity index (χ2v) is 4.08. The van der Waals surface area contributed by atoms with Gasteiger partial charge in [0.1, 0.15) is 0 Å². The molecule has 13 heavy (non-hydrogen) atoms. The molecule has 1 rings (SSSR count). The second-order valence-electron chi connectivity index (χ2n) is 3.17. The van der Waals surface area contributed by atoms with E-state index in [2.05, 4.69) is 22.7 Å². The van der Waals surface area contributed by atoms with Gasteiger partial charge in [0.25, 0.3) is 0 Å². The smallest absolute Gasteiger partial charge is 0.200 e. The van der Waals surface area contributed by atoms with Gasteiger partial charge in [-0.15, -0.1) is 0 Å². The minimum absolute atomic E-state index is 0.483. The number of aryl methyl sites for hydroxylation is 1. The molecule has 1 heterocycles. The molecule has 0 spiro atoms. The summed E-state index contributed by atoms with van der Waals surface area (Å²) in [6.45, 7) is 4.15. The number of thioether (sulfide) groups is 1. The summed E-state index contributed by atoms with van der Waals surface area (Å²) in [6.07, 6.45) is 5.24. The van der Waals surface area contributed by atoms with Crippen LogP contribution in [0.15, 0.2) is 6.20 Å². The maximum atomic E-state index is 5.79. The maximum Gasteiger partial charge on any atom is 0.200 e. The quantitative estimate of drug-likeness (QED) is 0.807. The summed E-state index contributed by atoms with van der Waals surface area (Å²) < 4.78 is 2.08. The Morgan fingerprint density at radius 1 is 1.69 bits per heavy atom. The number of aromatic nitrogens is 2. The molecule has 3 nitrogen and oxygen atoms in total. The molecular formula is C9H17N3S. The zero-order valence-electron chi connectivity index (χ0n) is 8.45. The summed E-state index contributed by atoms with van der Waals surface area (Å²) in [5.41, 5.74) is 6.79. The number of hydrogen-bond donors (Lipinski definition) is 1. The highest BCUT2D eigenvalue weighted by Gasteiger charge is 2.11. The van der Waals surface area contributed by atoms with Crippen molar-refractivity contribution in [3.8, 4) is 0 Å². The zero-order chi connectivity index (χ0) is 9.84. The molecule has 1 atom stereocenters. The van der Waals surface area contributed by atoms with Crippen LogP contribution in [0.4, 0.5) is 5.95 Å². The van der Waals surface area contributed by atoms with Crippen molar-refractivity contribution in [1.82, 2.24) is 9.55 Å². The summed E-state index contributed by atoms with van der Waals surface area (Å²) in [5, 5.41) is 0. The van der Waals surface area contributed by atoms with Gasteiger partial charge in [0.05, 0.1) is 5.69 Å². The van der Waals surface area contributed by atoms with E-state index in [4.69, 9.17) is 5.73 Å². The average molecular weight is 199 g/mol. The van der Waals surface area contributed by atoms with Gasteiger partial charge in [0.15, 0.2) is 0 Å². The largest absolute Gasteiger partial charge is 0.369 e. The highest BCUT2D eigenvalue weighted by Crippen LogP contribution is 2.20. The number of nitrogens with zero attached hydrogens (tertiary/aromatic N) is 2. The van der Waals surface area contributed by atoms with Crippen LogP contribution in [0.1, 0.15) is 25.1 Å². The van der Waals surface area contributed by atoms with Crippen molar-refractivity contribution in [3.05, 3.63) is 11.9 Å².